The highest BCUT2D eigenvalue weighted by molar-refractivity contribution is 5.89. The van der Waals surface area contributed by atoms with Gasteiger partial charge in [-0.05, 0) is 43.4 Å². The number of carbonyl (C=O) groups excluding carboxylic acids is 2. The minimum Gasteiger partial charge on any atom is -0.481 e. The number of ether oxygens (including phenoxy) is 1. The predicted molar refractivity (Wildman–Crippen MR) is 110 cm³/mol. The molecule has 0 bridgehead atoms. The van der Waals surface area contributed by atoms with Crippen LogP contribution < -0.4 is 5.32 Å². The summed E-state index contributed by atoms with van der Waals surface area (Å²) >= 11 is 0. The number of hydrogen-bond donors (Lipinski definition) is 2. The van der Waals surface area contributed by atoms with E-state index in [1.54, 1.807) is 24.3 Å². The van der Waals surface area contributed by atoms with Crippen LogP contribution in [-0.4, -0.2) is 59.6 Å². The highest BCUT2D eigenvalue weighted by Crippen LogP contribution is 2.30. The van der Waals surface area contributed by atoms with Gasteiger partial charge in [-0.2, -0.15) is 0 Å². The van der Waals surface area contributed by atoms with Gasteiger partial charge in [-0.1, -0.05) is 32.0 Å². The van der Waals surface area contributed by atoms with Gasteiger partial charge >= 0.3 is 11.9 Å². The van der Waals surface area contributed by atoms with E-state index >= 15 is 0 Å². The minimum atomic E-state index is -0.796. The van der Waals surface area contributed by atoms with E-state index in [0.717, 1.165) is 6.42 Å². The van der Waals surface area contributed by atoms with Gasteiger partial charge in [0.05, 0.1) is 5.56 Å². The number of benzene rings is 1. The van der Waals surface area contributed by atoms with E-state index in [4.69, 9.17) is 9.84 Å². The number of carboxylic acid groups (broad SMARTS) is 1. The summed E-state index contributed by atoms with van der Waals surface area (Å²) in [6.07, 6.45) is 1.48. The van der Waals surface area contributed by atoms with E-state index in [1.807, 2.05) is 6.07 Å². The Hall–Kier alpha value is -2.41. The van der Waals surface area contributed by atoms with Crippen LogP contribution in [0.2, 0.25) is 0 Å². The average Bonchev–Trinajstić information content (AvgIpc) is 2.68. The molecule has 1 aromatic rings. The molecule has 0 aromatic heterocycles. The number of nitrogens with zero attached hydrogens (tertiary/aromatic N) is 1. The first kappa shape index (κ1) is 22.9. The molecule has 7 heteroatoms. The monoisotopic (exact) mass is 404 g/mol. The molecule has 1 saturated heterocycles. The van der Waals surface area contributed by atoms with Crippen molar-refractivity contribution in [3.63, 3.8) is 0 Å². The number of nitrogens with one attached hydrogen (secondary N) is 1. The summed E-state index contributed by atoms with van der Waals surface area (Å²) in [7, 11) is 0. The smallest absolute Gasteiger partial charge is 0.338 e. The number of esters is 1. The van der Waals surface area contributed by atoms with Gasteiger partial charge in [0.2, 0.25) is 5.91 Å². The second-order valence-electron chi connectivity index (χ2n) is 7.90. The second kappa shape index (κ2) is 11.0. The normalized spacial score (nSPS) is 24.7. The predicted octanol–water partition coefficient (Wildman–Crippen LogP) is 2.56. The fourth-order valence-electron chi connectivity index (χ4n) is 3.97. The summed E-state index contributed by atoms with van der Waals surface area (Å²) in [5.74, 6) is -0.776. The molecule has 1 heterocycles. The molecule has 0 spiro atoms. The van der Waals surface area contributed by atoms with Gasteiger partial charge in [-0.3, -0.25) is 14.5 Å². The molecule has 2 N–H and O–H groups in total. The van der Waals surface area contributed by atoms with E-state index in [0.29, 0.717) is 25.1 Å². The molecule has 4 atom stereocenters. The molecule has 0 saturated carbocycles. The fraction of sp³-hybridized carbons (Fsp3) is 0.591. The van der Waals surface area contributed by atoms with Crippen molar-refractivity contribution in [2.45, 2.75) is 52.1 Å². The Labute approximate surface area is 172 Å². The van der Waals surface area contributed by atoms with Crippen LogP contribution >= 0.6 is 0 Å². The molecular formula is C22H32N2O5. The van der Waals surface area contributed by atoms with Crippen molar-refractivity contribution in [1.82, 2.24) is 10.2 Å². The molecule has 29 heavy (non-hydrogen) atoms. The summed E-state index contributed by atoms with van der Waals surface area (Å²) in [5, 5.41) is 11.9. The molecule has 1 amide bonds. The Kier molecular flexibility index (Phi) is 8.64. The van der Waals surface area contributed by atoms with Crippen molar-refractivity contribution in [2.24, 2.45) is 11.8 Å². The van der Waals surface area contributed by atoms with E-state index in [9.17, 15) is 14.4 Å². The standard InChI is InChI=1S/C22H32N2O5/c1-15-16(2)20(14-29-22(28)18-9-5-4-6-10-18)24(12-8-7-11-21(26)27)13-19(15)23-17(3)25/h4-6,9-10,15-16,19-20H,7-8,11-14H2,1-3H3,(H,23,25)(H,26,27)/t15-,16+,19?,20?/m0/s1. The Morgan fingerprint density at radius 2 is 1.83 bits per heavy atom. The van der Waals surface area contributed by atoms with Crippen molar-refractivity contribution in [1.29, 1.82) is 0 Å². The van der Waals surface area contributed by atoms with Crippen molar-refractivity contribution < 1.29 is 24.2 Å². The number of hydrogen-bond acceptors (Lipinski definition) is 5. The van der Waals surface area contributed by atoms with Crippen molar-refractivity contribution in [2.75, 3.05) is 19.7 Å². The maximum absolute atomic E-state index is 12.4. The number of amides is 1. The molecule has 7 nitrogen and oxygen atoms in total. The zero-order valence-electron chi connectivity index (χ0n) is 17.5. The summed E-state index contributed by atoms with van der Waals surface area (Å²) < 4.78 is 5.62. The van der Waals surface area contributed by atoms with Gasteiger partial charge in [0, 0.05) is 32.0 Å². The van der Waals surface area contributed by atoms with Gasteiger partial charge in [-0.15, -0.1) is 0 Å². The summed E-state index contributed by atoms with van der Waals surface area (Å²) in [6.45, 7) is 7.37. The molecule has 2 rings (SSSR count). The third-order valence-corrected chi connectivity index (χ3v) is 5.84. The largest absolute Gasteiger partial charge is 0.481 e. The number of carboxylic acids is 1. The Bertz CT molecular complexity index is 694. The number of unbranched alkanes of at least 4 members (excludes halogenated alkanes) is 1. The highest BCUT2D eigenvalue weighted by atomic mass is 16.5. The van der Waals surface area contributed by atoms with Crippen LogP contribution in [0.1, 0.15) is 50.4 Å². The molecule has 160 valence electrons. The molecule has 1 fully saturated rings. The lowest BCUT2D eigenvalue weighted by atomic mass is 9.79. The van der Waals surface area contributed by atoms with Crippen LogP contribution in [-0.2, 0) is 14.3 Å². The van der Waals surface area contributed by atoms with Crippen LogP contribution in [0.4, 0.5) is 0 Å². The maximum atomic E-state index is 12.4. The Balaban J connectivity index is 2.04. The molecule has 0 aliphatic carbocycles. The van der Waals surface area contributed by atoms with Gasteiger partial charge in [-0.25, -0.2) is 4.79 Å². The molecule has 1 aromatic carbocycles. The molecular weight excluding hydrogens is 372 g/mol. The van der Waals surface area contributed by atoms with Gasteiger partial charge in [0.1, 0.15) is 6.61 Å². The highest BCUT2D eigenvalue weighted by Gasteiger charge is 2.39. The topological polar surface area (TPSA) is 95.9 Å². The summed E-state index contributed by atoms with van der Waals surface area (Å²) in [5.41, 5.74) is 0.521. The van der Waals surface area contributed by atoms with E-state index in [1.165, 1.54) is 6.92 Å². The van der Waals surface area contributed by atoms with Crippen LogP contribution in [0, 0.1) is 11.8 Å². The number of aliphatic carboxylic acids is 1. The second-order valence-corrected chi connectivity index (χ2v) is 7.90. The zero-order chi connectivity index (χ0) is 21.4. The van der Waals surface area contributed by atoms with Crippen LogP contribution in [0.15, 0.2) is 30.3 Å². The van der Waals surface area contributed by atoms with Crippen LogP contribution in [0.5, 0.6) is 0 Å². The molecule has 0 radical (unpaired) electrons. The first-order valence-corrected chi connectivity index (χ1v) is 10.2. The fourth-order valence-corrected chi connectivity index (χ4v) is 3.97. The molecule has 2 unspecified atom stereocenters. The number of carbonyl (C=O) groups is 3. The Morgan fingerprint density at radius 3 is 2.45 bits per heavy atom. The van der Waals surface area contributed by atoms with Crippen LogP contribution in [0.3, 0.4) is 0 Å². The quantitative estimate of drug-likeness (QED) is 0.485. The number of piperidine rings is 1. The number of rotatable bonds is 9. The number of likely N-dealkylation sites (tertiary alicyclic amines) is 1. The lowest BCUT2D eigenvalue weighted by Crippen LogP contribution is -2.60. The van der Waals surface area contributed by atoms with E-state index in [-0.39, 0.29) is 48.8 Å². The molecule has 1 aliphatic heterocycles. The van der Waals surface area contributed by atoms with Crippen molar-refractivity contribution >= 4 is 17.8 Å². The lowest BCUT2D eigenvalue weighted by molar-refractivity contribution is -0.137. The lowest BCUT2D eigenvalue weighted by Gasteiger charge is -2.47. The van der Waals surface area contributed by atoms with Crippen LogP contribution in [0.25, 0.3) is 0 Å². The minimum absolute atomic E-state index is 0.0167. The zero-order valence-corrected chi connectivity index (χ0v) is 17.5. The van der Waals surface area contributed by atoms with E-state index in [2.05, 4.69) is 24.1 Å². The van der Waals surface area contributed by atoms with Gasteiger partial charge in [0.25, 0.3) is 0 Å². The third kappa shape index (κ3) is 6.85. The van der Waals surface area contributed by atoms with Crippen molar-refractivity contribution in [3.05, 3.63) is 35.9 Å². The molecule has 1 aliphatic rings. The Morgan fingerprint density at radius 1 is 1.14 bits per heavy atom. The third-order valence-electron chi connectivity index (χ3n) is 5.84. The van der Waals surface area contributed by atoms with Gasteiger partial charge in [0.15, 0.2) is 0 Å². The first-order valence-electron chi connectivity index (χ1n) is 10.2. The SMILES string of the molecule is CC(=O)NC1CN(CCCCC(=O)O)C(COC(=O)c2ccccc2)[C@H](C)[C@@H]1C. The van der Waals surface area contributed by atoms with E-state index < -0.39 is 5.97 Å². The first-order chi connectivity index (χ1) is 13.8. The van der Waals surface area contributed by atoms with Crippen molar-refractivity contribution in [3.8, 4) is 0 Å². The summed E-state index contributed by atoms with van der Waals surface area (Å²) in [6, 6.07) is 8.94. The maximum Gasteiger partial charge on any atom is 0.338 e. The van der Waals surface area contributed by atoms with Gasteiger partial charge < -0.3 is 15.2 Å². The summed E-state index contributed by atoms with van der Waals surface area (Å²) in [4.78, 5) is 37.0. The average molecular weight is 405 g/mol.